The number of halogens is 1. The first-order chi connectivity index (χ1) is 12.3. The van der Waals surface area contributed by atoms with Crippen LogP contribution in [0.2, 0.25) is 0 Å². The minimum atomic E-state index is 0.143. The average Bonchev–Trinajstić information content (AvgIpc) is 2.68. The Bertz CT molecular complexity index is 821. The summed E-state index contributed by atoms with van der Waals surface area (Å²) < 4.78 is 7.80. The van der Waals surface area contributed by atoms with E-state index in [-0.39, 0.29) is 5.92 Å². The van der Waals surface area contributed by atoms with Crippen molar-refractivity contribution in [2.24, 2.45) is 0 Å². The normalized spacial score (nSPS) is 20.5. The first-order valence-electron chi connectivity index (χ1n) is 8.69. The van der Waals surface area contributed by atoms with Crippen LogP contribution in [-0.4, -0.2) is 44.1 Å². The number of anilines is 1. The first kappa shape index (κ1) is 16.4. The van der Waals surface area contributed by atoms with Crippen LogP contribution in [-0.2, 0) is 4.74 Å². The summed E-state index contributed by atoms with van der Waals surface area (Å²) in [4.78, 5) is 2.09. The van der Waals surface area contributed by atoms with Crippen molar-refractivity contribution in [3.05, 3.63) is 76.5 Å². The smallest absolute Gasteiger partial charge is 0.170 e. The summed E-state index contributed by atoms with van der Waals surface area (Å²) in [5.74, 6) is 0.143. The van der Waals surface area contributed by atoms with Crippen molar-refractivity contribution in [3.8, 4) is 0 Å². The number of fused-ring (bicyclic) bond motifs is 1. The van der Waals surface area contributed by atoms with Crippen molar-refractivity contribution in [2.45, 2.75) is 5.92 Å². The highest BCUT2D eigenvalue weighted by atomic mass is 35.5. The van der Waals surface area contributed by atoms with Gasteiger partial charge in [-0.05, 0) is 17.2 Å². The molecule has 1 saturated heterocycles. The van der Waals surface area contributed by atoms with Gasteiger partial charge in [0.25, 0.3) is 0 Å². The van der Waals surface area contributed by atoms with Gasteiger partial charge in [-0.3, -0.25) is 0 Å². The maximum absolute atomic E-state index is 6.84. The quantitative estimate of drug-likeness (QED) is 0.602. The highest BCUT2D eigenvalue weighted by Gasteiger charge is 2.32. The fourth-order valence-corrected chi connectivity index (χ4v) is 3.91. The molecule has 0 bridgehead atoms. The van der Waals surface area contributed by atoms with E-state index in [0.717, 1.165) is 37.0 Å². The molecule has 2 aliphatic rings. The number of para-hydroxylation sites is 1. The van der Waals surface area contributed by atoms with E-state index < -0.39 is 0 Å². The summed E-state index contributed by atoms with van der Waals surface area (Å²) in [5.41, 5.74) is 4.87. The molecular formula is C21H22ClN2O+. The SMILES string of the molecule is CN1C(Cl)=C(C=[N+]2CCOCC2)C(c2ccccc2)c2ccccc21. The largest absolute Gasteiger partial charge is 0.368 e. The minimum Gasteiger partial charge on any atom is -0.368 e. The molecule has 0 aliphatic carbocycles. The van der Waals surface area contributed by atoms with E-state index >= 15 is 0 Å². The zero-order chi connectivity index (χ0) is 17.2. The summed E-state index contributed by atoms with van der Waals surface area (Å²) in [6.07, 6.45) is 2.23. The Hall–Kier alpha value is -2.10. The van der Waals surface area contributed by atoms with Crippen LogP contribution in [0.3, 0.4) is 0 Å². The standard InChI is InChI=1S/C21H22ClN2O/c1-23-19-10-6-5-9-17(19)20(16-7-3-2-4-8-16)18(21(23)22)15-24-11-13-25-14-12-24/h2-10,15,20H,11-14H2,1H3/q+1. The molecule has 1 unspecified atom stereocenters. The number of allylic oxidation sites excluding steroid dienone is 1. The molecule has 2 aliphatic heterocycles. The molecule has 0 N–H and O–H groups in total. The van der Waals surface area contributed by atoms with Gasteiger partial charge in [-0.2, -0.15) is 0 Å². The van der Waals surface area contributed by atoms with Gasteiger partial charge in [0.1, 0.15) is 18.4 Å². The molecule has 1 fully saturated rings. The maximum Gasteiger partial charge on any atom is 0.170 e. The third-order valence-electron chi connectivity index (χ3n) is 4.95. The molecule has 128 valence electrons. The third kappa shape index (κ3) is 3.10. The summed E-state index contributed by atoms with van der Waals surface area (Å²) in [7, 11) is 2.04. The molecule has 2 aromatic rings. The van der Waals surface area contributed by atoms with E-state index in [2.05, 4.69) is 70.3 Å². The molecule has 1 atom stereocenters. The van der Waals surface area contributed by atoms with E-state index in [0.29, 0.717) is 0 Å². The molecule has 25 heavy (non-hydrogen) atoms. The Morgan fingerprint density at radius 3 is 2.48 bits per heavy atom. The summed E-state index contributed by atoms with van der Waals surface area (Å²) in [6, 6.07) is 19.1. The second-order valence-electron chi connectivity index (χ2n) is 6.49. The highest BCUT2D eigenvalue weighted by molar-refractivity contribution is 6.33. The number of nitrogens with zero attached hydrogens (tertiary/aromatic N) is 2. The van der Waals surface area contributed by atoms with Crippen LogP contribution < -0.4 is 4.90 Å². The maximum atomic E-state index is 6.84. The predicted octanol–water partition coefficient (Wildman–Crippen LogP) is 3.83. The number of hydrogen-bond acceptors (Lipinski definition) is 2. The Balaban J connectivity index is 1.88. The van der Waals surface area contributed by atoms with Gasteiger partial charge >= 0.3 is 0 Å². The molecule has 4 heteroatoms. The molecule has 3 nitrogen and oxygen atoms in total. The lowest BCUT2D eigenvalue weighted by Gasteiger charge is -2.33. The second kappa shape index (κ2) is 7.03. The number of benzene rings is 2. The van der Waals surface area contributed by atoms with Crippen molar-refractivity contribution >= 4 is 23.5 Å². The monoisotopic (exact) mass is 353 g/mol. The van der Waals surface area contributed by atoms with Crippen molar-refractivity contribution < 1.29 is 9.31 Å². The van der Waals surface area contributed by atoms with Crippen LogP contribution in [0, 0.1) is 0 Å². The van der Waals surface area contributed by atoms with Gasteiger partial charge in [0.05, 0.1) is 5.57 Å². The second-order valence-corrected chi connectivity index (χ2v) is 6.84. The molecule has 0 amide bonds. The van der Waals surface area contributed by atoms with Crippen LogP contribution in [0.5, 0.6) is 0 Å². The topological polar surface area (TPSA) is 15.5 Å². The van der Waals surface area contributed by atoms with E-state index in [4.69, 9.17) is 16.3 Å². The van der Waals surface area contributed by atoms with Crippen molar-refractivity contribution in [1.29, 1.82) is 0 Å². The fourth-order valence-electron chi connectivity index (χ4n) is 3.66. The van der Waals surface area contributed by atoms with E-state index in [9.17, 15) is 0 Å². The van der Waals surface area contributed by atoms with Crippen LogP contribution >= 0.6 is 11.6 Å². The average molecular weight is 354 g/mol. The minimum absolute atomic E-state index is 0.143. The summed E-state index contributed by atoms with van der Waals surface area (Å²) >= 11 is 6.84. The number of ether oxygens (including phenoxy) is 1. The molecule has 2 heterocycles. The number of rotatable bonds is 2. The van der Waals surface area contributed by atoms with Gasteiger partial charge in [-0.1, -0.05) is 60.1 Å². The Kier molecular flexibility index (Phi) is 4.60. The first-order valence-corrected chi connectivity index (χ1v) is 9.07. The highest BCUT2D eigenvalue weighted by Crippen LogP contribution is 2.44. The Morgan fingerprint density at radius 2 is 1.72 bits per heavy atom. The number of morpholine rings is 1. The van der Waals surface area contributed by atoms with Crippen molar-refractivity contribution in [2.75, 3.05) is 38.3 Å². The van der Waals surface area contributed by atoms with E-state index in [1.165, 1.54) is 16.8 Å². The van der Waals surface area contributed by atoms with Crippen LogP contribution in [0.1, 0.15) is 17.0 Å². The number of hydrogen-bond donors (Lipinski definition) is 0. The van der Waals surface area contributed by atoms with Gasteiger partial charge in [0, 0.05) is 18.7 Å². The van der Waals surface area contributed by atoms with Crippen LogP contribution in [0.4, 0.5) is 5.69 Å². The molecular weight excluding hydrogens is 332 g/mol. The van der Waals surface area contributed by atoms with Gasteiger partial charge in [-0.15, -0.1) is 0 Å². The zero-order valence-electron chi connectivity index (χ0n) is 14.4. The van der Waals surface area contributed by atoms with Crippen molar-refractivity contribution in [1.82, 2.24) is 0 Å². The third-order valence-corrected chi connectivity index (χ3v) is 5.42. The zero-order valence-corrected chi connectivity index (χ0v) is 15.1. The molecule has 2 aromatic carbocycles. The lowest BCUT2D eigenvalue weighted by molar-refractivity contribution is -0.544. The molecule has 0 aromatic heterocycles. The van der Waals surface area contributed by atoms with Gasteiger partial charge < -0.3 is 9.64 Å². The van der Waals surface area contributed by atoms with E-state index in [1.54, 1.807) is 0 Å². The molecule has 0 radical (unpaired) electrons. The predicted molar refractivity (Wildman–Crippen MR) is 103 cm³/mol. The molecule has 0 spiro atoms. The summed E-state index contributed by atoms with van der Waals surface area (Å²) in [5, 5.41) is 0.791. The summed E-state index contributed by atoms with van der Waals surface area (Å²) in [6.45, 7) is 3.34. The lowest BCUT2D eigenvalue weighted by Crippen LogP contribution is -2.32. The van der Waals surface area contributed by atoms with E-state index in [1.807, 2.05) is 7.05 Å². The van der Waals surface area contributed by atoms with Gasteiger partial charge in [0.2, 0.25) is 0 Å². The Morgan fingerprint density at radius 1 is 1.04 bits per heavy atom. The van der Waals surface area contributed by atoms with Crippen molar-refractivity contribution in [3.63, 3.8) is 0 Å². The van der Waals surface area contributed by atoms with Crippen LogP contribution in [0.15, 0.2) is 65.3 Å². The lowest BCUT2D eigenvalue weighted by atomic mass is 9.82. The Labute approximate surface area is 153 Å². The van der Waals surface area contributed by atoms with Gasteiger partial charge in [0.15, 0.2) is 19.3 Å². The molecule has 0 saturated carbocycles. The van der Waals surface area contributed by atoms with Crippen LogP contribution in [0.25, 0.3) is 0 Å². The van der Waals surface area contributed by atoms with Gasteiger partial charge in [-0.25, -0.2) is 4.58 Å². The fraction of sp³-hybridized carbons (Fsp3) is 0.286. The molecule has 4 rings (SSSR count).